The molecule has 0 fully saturated rings. The zero-order chi connectivity index (χ0) is 11.4. The molecule has 0 bridgehead atoms. The minimum absolute atomic E-state index is 0.107. The Labute approximate surface area is 88.5 Å². The number of pyridine rings is 1. The van der Waals surface area contributed by atoms with Crippen molar-refractivity contribution < 1.29 is 9.90 Å². The average molecular weight is 209 g/mol. The van der Waals surface area contributed by atoms with Crippen LogP contribution in [0, 0.1) is 0 Å². The minimum Gasteiger partial charge on any atom is -0.389 e. The summed E-state index contributed by atoms with van der Waals surface area (Å²) in [4.78, 5) is 16.4. The third kappa shape index (κ3) is 3.21. The second-order valence-corrected chi connectivity index (χ2v) is 3.45. The summed E-state index contributed by atoms with van der Waals surface area (Å²) in [6, 6.07) is 3.46. The van der Waals surface area contributed by atoms with Crippen LogP contribution in [-0.2, 0) is 4.79 Å². The number of aliphatic hydroxyl groups is 1. The Morgan fingerprint density at radius 3 is 2.93 bits per heavy atom. The number of nitrogens with two attached hydrogens (primary N) is 1. The van der Waals surface area contributed by atoms with Crippen LogP contribution in [0.1, 0.15) is 18.6 Å². The van der Waals surface area contributed by atoms with Crippen molar-refractivity contribution in [1.29, 1.82) is 0 Å². The summed E-state index contributed by atoms with van der Waals surface area (Å²) in [6.07, 6.45) is 1.04. The summed E-state index contributed by atoms with van der Waals surface area (Å²) in [5.74, 6) is 0.203. The Morgan fingerprint density at radius 2 is 2.40 bits per heavy atom. The SMILES string of the molecule is C[C@@H](O)c1ccnc(N(C)CC(N)=O)c1. The van der Waals surface area contributed by atoms with E-state index in [1.165, 1.54) is 0 Å². The summed E-state index contributed by atoms with van der Waals surface area (Å²) in [5.41, 5.74) is 5.83. The Morgan fingerprint density at radius 1 is 1.73 bits per heavy atom. The Kier molecular flexibility index (Phi) is 3.62. The summed E-state index contributed by atoms with van der Waals surface area (Å²) >= 11 is 0. The number of nitrogens with zero attached hydrogens (tertiary/aromatic N) is 2. The van der Waals surface area contributed by atoms with Crippen LogP contribution in [0.2, 0.25) is 0 Å². The Bertz CT molecular complexity index is 352. The van der Waals surface area contributed by atoms with E-state index in [4.69, 9.17) is 5.73 Å². The van der Waals surface area contributed by atoms with E-state index >= 15 is 0 Å². The number of hydrogen-bond donors (Lipinski definition) is 2. The maximum atomic E-state index is 10.7. The van der Waals surface area contributed by atoms with E-state index in [1.54, 1.807) is 37.2 Å². The van der Waals surface area contributed by atoms with E-state index < -0.39 is 12.0 Å². The third-order valence-corrected chi connectivity index (χ3v) is 2.04. The van der Waals surface area contributed by atoms with Gasteiger partial charge >= 0.3 is 0 Å². The van der Waals surface area contributed by atoms with Gasteiger partial charge in [-0.15, -0.1) is 0 Å². The number of primary amides is 1. The van der Waals surface area contributed by atoms with Crippen molar-refractivity contribution in [3.8, 4) is 0 Å². The molecule has 0 aromatic carbocycles. The molecule has 0 aliphatic carbocycles. The second-order valence-electron chi connectivity index (χ2n) is 3.45. The topological polar surface area (TPSA) is 79.5 Å². The van der Waals surface area contributed by atoms with Crippen LogP contribution in [0.25, 0.3) is 0 Å². The molecule has 0 aliphatic heterocycles. The largest absolute Gasteiger partial charge is 0.389 e. The van der Waals surface area contributed by atoms with Crippen LogP contribution in [0.15, 0.2) is 18.3 Å². The quantitative estimate of drug-likeness (QED) is 0.734. The lowest BCUT2D eigenvalue weighted by Crippen LogP contribution is -2.31. The zero-order valence-corrected chi connectivity index (χ0v) is 8.84. The van der Waals surface area contributed by atoms with E-state index in [0.717, 1.165) is 5.56 Å². The van der Waals surface area contributed by atoms with E-state index in [1.807, 2.05) is 0 Å². The van der Waals surface area contributed by atoms with E-state index in [0.29, 0.717) is 5.82 Å². The summed E-state index contributed by atoms with van der Waals surface area (Å²) in [6.45, 7) is 1.78. The number of aromatic nitrogens is 1. The number of carbonyl (C=O) groups excluding carboxylic acids is 1. The summed E-state index contributed by atoms with van der Waals surface area (Å²) < 4.78 is 0. The van der Waals surface area contributed by atoms with Gasteiger partial charge in [0.05, 0.1) is 12.6 Å². The molecule has 0 aliphatic rings. The molecular formula is C10H15N3O2. The van der Waals surface area contributed by atoms with Crippen molar-refractivity contribution in [1.82, 2.24) is 4.98 Å². The highest BCUT2D eigenvalue weighted by Gasteiger charge is 2.07. The molecule has 82 valence electrons. The molecule has 1 aromatic rings. The van der Waals surface area contributed by atoms with Crippen molar-refractivity contribution in [2.24, 2.45) is 5.73 Å². The zero-order valence-electron chi connectivity index (χ0n) is 8.84. The standard InChI is InChI=1S/C10H15N3O2/c1-7(14)8-3-4-12-10(5-8)13(2)6-9(11)15/h3-5,7,14H,6H2,1-2H3,(H2,11,15)/t7-/m1/s1. The third-order valence-electron chi connectivity index (χ3n) is 2.04. The number of likely N-dealkylation sites (N-methyl/N-ethyl adjacent to an activating group) is 1. The van der Waals surface area contributed by atoms with Crippen LogP contribution in [0.3, 0.4) is 0 Å². The molecule has 0 radical (unpaired) electrons. The van der Waals surface area contributed by atoms with Gasteiger partial charge < -0.3 is 15.7 Å². The highest BCUT2D eigenvalue weighted by atomic mass is 16.3. The predicted octanol–water partition coefficient (Wildman–Crippen LogP) is 0.0564. The van der Waals surface area contributed by atoms with Crippen molar-refractivity contribution >= 4 is 11.7 Å². The maximum absolute atomic E-state index is 10.7. The number of carbonyl (C=O) groups is 1. The molecular weight excluding hydrogens is 194 g/mol. The number of amides is 1. The van der Waals surface area contributed by atoms with Gasteiger partial charge in [-0.25, -0.2) is 4.98 Å². The minimum atomic E-state index is -0.547. The van der Waals surface area contributed by atoms with Gasteiger partial charge in [0.15, 0.2) is 0 Å². The van der Waals surface area contributed by atoms with Crippen LogP contribution < -0.4 is 10.6 Å². The Hall–Kier alpha value is -1.62. The molecule has 1 heterocycles. The van der Waals surface area contributed by atoms with Gasteiger partial charge in [0, 0.05) is 13.2 Å². The molecule has 5 heteroatoms. The molecule has 1 amide bonds. The molecule has 1 rings (SSSR count). The first kappa shape index (κ1) is 11.5. The summed E-state index contributed by atoms with van der Waals surface area (Å²) in [5, 5.41) is 9.37. The van der Waals surface area contributed by atoms with Crippen molar-refractivity contribution in [2.75, 3.05) is 18.5 Å². The fraction of sp³-hybridized carbons (Fsp3) is 0.400. The lowest BCUT2D eigenvalue weighted by Gasteiger charge is -2.17. The molecule has 1 atom stereocenters. The van der Waals surface area contributed by atoms with E-state index in [9.17, 15) is 9.90 Å². The van der Waals surface area contributed by atoms with Crippen LogP contribution >= 0.6 is 0 Å². The highest BCUT2D eigenvalue weighted by molar-refractivity contribution is 5.79. The number of hydrogen-bond acceptors (Lipinski definition) is 4. The molecule has 3 N–H and O–H groups in total. The van der Waals surface area contributed by atoms with Gasteiger partial charge in [0.1, 0.15) is 5.82 Å². The molecule has 0 saturated heterocycles. The summed E-state index contributed by atoms with van der Waals surface area (Å²) in [7, 11) is 1.72. The van der Waals surface area contributed by atoms with Gasteiger partial charge in [-0.2, -0.15) is 0 Å². The highest BCUT2D eigenvalue weighted by Crippen LogP contribution is 2.16. The molecule has 0 unspecified atom stereocenters. The average Bonchev–Trinajstić information content (AvgIpc) is 2.17. The van der Waals surface area contributed by atoms with Crippen LogP contribution in [-0.4, -0.2) is 29.6 Å². The number of anilines is 1. The molecule has 0 saturated carbocycles. The van der Waals surface area contributed by atoms with Crippen molar-refractivity contribution in [3.05, 3.63) is 23.9 Å². The molecule has 5 nitrogen and oxygen atoms in total. The fourth-order valence-electron chi connectivity index (χ4n) is 1.22. The fourth-order valence-corrected chi connectivity index (χ4v) is 1.22. The van der Waals surface area contributed by atoms with Crippen LogP contribution in [0.4, 0.5) is 5.82 Å². The van der Waals surface area contributed by atoms with Crippen molar-refractivity contribution in [3.63, 3.8) is 0 Å². The maximum Gasteiger partial charge on any atom is 0.236 e. The van der Waals surface area contributed by atoms with Gasteiger partial charge in [-0.1, -0.05) is 0 Å². The lowest BCUT2D eigenvalue weighted by molar-refractivity contribution is -0.116. The Balaban J connectivity index is 2.85. The molecule has 15 heavy (non-hydrogen) atoms. The van der Waals surface area contributed by atoms with Gasteiger partial charge in [-0.3, -0.25) is 4.79 Å². The van der Waals surface area contributed by atoms with Crippen molar-refractivity contribution in [2.45, 2.75) is 13.0 Å². The molecule has 1 aromatic heterocycles. The first-order valence-corrected chi connectivity index (χ1v) is 4.64. The normalized spacial score (nSPS) is 12.2. The second kappa shape index (κ2) is 4.75. The smallest absolute Gasteiger partial charge is 0.236 e. The van der Waals surface area contributed by atoms with E-state index in [2.05, 4.69) is 4.98 Å². The van der Waals surface area contributed by atoms with Gasteiger partial charge in [0.25, 0.3) is 0 Å². The first-order valence-electron chi connectivity index (χ1n) is 4.64. The lowest BCUT2D eigenvalue weighted by atomic mass is 10.2. The number of aliphatic hydroxyl groups excluding tert-OH is 1. The van der Waals surface area contributed by atoms with Gasteiger partial charge in [0.2, 0.25) is 5.91 Å². The molecule has 0 spiro atoms. The van der Waals surface area contributed by atoms with E-state index in [-0.39, 0.29) is 6.54 Å². The van der Waals surface area contributed by atoms with Crippen LogP contribution in [0.5, 0.6) is 0 Å². The predicted molar refractivity (Wildman–Crippen MR) is 57.3 cm³/mol. The van der Waals surface area contributed by atoms with Gasteiger partial charge in [-0.05, 0) is 24.6 Å². The number of rotatable bonds is 4. The first-order chi connectivity index (χ1) is 7.00. The monoisotopic (exact) mass is 209 g/mol.